The van der Waals surface area contributed by atoms with Crippen LogP contribution >= 0.6 is 0 Å². The van der Waals surface area contributed by atoms with Gasteiger partial charge in [-0.25, -0.2) is 0 Å². The number of nitrogens with two attached hydrogens (primary N) is 1. The molecule has 0 radical (unpaired) electrons. The Bertz CT molecular complexity index is 309. The Morgan fingerprint density at radius 3 is 2.75 bits per heavy atom. The number of anilines is 1. The predicted molar refractivity (Wildman–Crippen MR) is 52.6 cm³/mol. The van der Waals surface area contributed by atoms with Gasteiger partial charge in [0, 0.05) is 18.3 Å². The van der Waals surface area contributed by atoms with Crippen LogP contribution in [0.15, 0.2) is 23.1 Å². The van der Waals surface area contributed by atoms with E-state index in [0.29, 0.717) is 5.56 Å². The fraction of sp³-hybridized carbons (Fsp3) is 0.125. The zero-order valence-corrected chi connectivity index (χ0v) is 7.53. The topological polar surface area (TPSA) is 61.9 Å². The molecular weight excluding hydrogens is 170 g/mol. The zero-order chi connectivity index (χ0) is 9.14. The summed E-state index contributed by atoms with van der Waals surface area (Å²) in [6.45, 7) is 0. The molecule has 64 valence electrons. The summed E-state index contributed by atoms with van der Waals surface area (Å²) in [5, 5.41) is 10.2. The molecule has 4 heteroatoms. The Balaban J connectivity index is 3.20. The van der Waals surface area contributed by atoms with E-state index in [1.165, 1.54) is 0 Å². The molecule has 0 atom stereocenters. The fourth-order valence-corrected chi connectivity index (χ4v) is 1.15. The minimum absolute atomic E-state index is 0.0503. The summed E-state index contributed by atoms with van der Waals surface area (Å²) in [4.78, 5) is 0.740. The summed E-state index contributed by atoms with van der Waals surface area (Å²) >= 11 is 4.96. The molecule has 1 aromatic rings. The highest BCUT2D eigenvalue weighted by Crippen LogP contribution is 2.16. The van der Waals surface area contributed by atoms with E-state index in [1.54, 1.807) is 25.2 Å². The first-order valence-corrected chi connectivity index (χ1v) is 3.89. The van der Waals surface area contributed by atoms with Crippen LogP contribution in [0.4, 0.5) is 5.69 Å². The predicted octanol–water partition coefficient (Wildman–Crippen LogP) is 0.918. The van der Waals surface area contributed by atoms with Crippen molar-refractivity contribution in [2.45, 2.75) is 4.90 Å². The summed E-state index contributed by atoms with van der Waals surface area (Å²) in [6, 6.07) is 5.29. The lowest BCUT2D eigenvalue weighted by atomic mass is 10.1. The monoisotopic (exact) mass is 180 g/mol. The van der Waals surface area contributed by atoms with Crippen LogP contribution in [0, 0.1) is 5.41 Å². The number of hydrogen-bond donors (Lipinski definition) is 3. The quantitative estimate of drug-likeness (QED) is 0.360. The van der Waals surface area contributed by atoms with Gasteiger partial charge in [0.05, 0.1) is 0 Å². The molecule has 3 nitrogen and oxygen atoms in total. The first-order valence-electron chi connectivity index (χ1n) is 3.48. The molecule has 0 bridgehead atoms. The molecule has 0 unspecified atom stereocenters. The van der Waals surface area contributed by atoms with Crippen molar-refractivity contribution in [1.29, 1.82) is 5.41 Å². The molecule has 1 aromatic carbocycles. The van der Waals surface area contributed by atoms with E-state index in [4.69, 9.17) is 23.8 Å². The van der Waals surface area contributed by atoms with Gasteiger partial charge < -0.3 is 23.7 Å². The van der Waals surface area contributed by atoms with E-state index in [0.717, 1.165) is 10.6 Å². The average Bonchev–Trinajstić information content (AvgIpc) is 2.03. The fourth-order valence-electron chi connectivity index (χ4n) is 0.965. The highest BCUT2D eigenvalue weighted by atomic mass is 32.1. The van der Waals surface area contributed by atoms with Gasteiger partial charge in [0.15, 0.2) is 0 Å². The minimum atomic E-state index is 0.0503. The third-order valence-corrected chi connectivity index (χ3v) is 1.80. The second kappa shape index (κ2) is 3.40. The lowest BCUT2D eigenvalue weighted by Gasteiger charge is -2.12. The van der Waals surface area contributed by atoms with Crippen molar-refractivity contribution < 1.29 is 0 Å². The van der Waals surface area contributed by atoms with Crippen LogP contribution in [-0.4, -0.2) is 12.9 Å². The Morgan fingerprint density at radius 1 is 1.58 bits per heavy atom. The van der Waals surface area contributed by atoms with Crippen LogP contribution < -0.4 is 11.1 Å². The number of hydrogen-bond acceptors (Lipinski definition) is 3. The summed E-state index contributed by atoms with van der Waals surface area (Å²) in [7, 11) is 1.77. The minimum Gasteiger partial charge on any atom is -0.780 e. The second-order valence-electron chi connectivity index (χ2n) is 2.37. The summed E-state index contributed by atoms with van der Waals surface area (Å²) < 4.78 is 0. The Morgan fingerprint density at radius 2 is 2.25 bits per heavy atom. The third-order valence-electron chi connectivity index (χ3n) is 1.55. The van der Waals surface area contributed by atoms with Crippen molar-refractivity contribution in [3.63, 3.8) is 0 Å². The van der Waals surface area contributed by atoms with Gasteiger partial charge in [0.2, 0.25) is 0 Å². The molecule has 0 aliphatic carbocycles. The van der Waals surface area contributed by atoms with Crippen LogP contribution in [0.1, 0.15) is 5.56 Å². The summed E-state index contributed by atoms with van der Waals surface area (Å²) in [5.74, 6) is 0.0503. The van der Waals surface area contributed by atoms with Gasteiger partial charge in [-0.05, 0) is 0 Å². The first-order chi connectivity index (χ1) is 5.65. The van der Waals surface area contributed by atoms with Gasteiger partial charge in [-0.2, -0.15) is 4.90 Å². The van der Waals surface area contributed by atoms with Gasteiger partial charge in [-0.3, -0.25) is 5.41 Å². The van der Waals surface area contributed by atoms with Crippen LogP contribution in [0.25, 0.3) is 0 Å². The van der Waals surface area contributed by atoms with Gasteiger partial charge >= 0.3 is 0 Å². The maximum absolute atomic E-state index is 7.25. The number of nitrogen functional groups attached to an aromatic ring is 1. The standard InChI is InChI=1S/C8H11N3S/c1-11-7-4-5(12)2-3-6(7)8(9)10/h2-4,11-12H,1H3,(H3,9,10)/p-1. The normalized spacial score (nSPS) is 9.42. The van der Waals surface area contributed by atoms with Crippen molar-refractivity contribution in [1.82, 2.24) is 0 Å². The van der Waals surface area contributed by atoms with Gasteiger partial charge in [-0.1, -0.05) is 18.2 Å². The summed E-state index contributed by atoms with van der Waals surface area (Å²) in [5.41, 5.74) is 6.84. The Labute approximate surface area is 76.9 Å². The molecule has 0 aliphatic rings. The zero-order valence-electron chi connectivity index (χ0n) is 6.72. The van der Waals surface area contributed by atoms with Crippen molar-refractivity contribution >= 4 is 24.2 Å². The van der Waals surface area contributed by atoms with E-state index in [1.807, 2.05) is 0 Å². The van der Waals surface area contributed by atoms with Crippen molar-refractivity contribution in [3.05, 3.63) is 23.8 Å². The molecule has 1 rings (SSSR count). The second-order valence-corrected chi connectivity index (χ2v) is 2.84. The van der Waals surface area contributed by atoms with Gasteiger partial charge in [-0.15, -0.1) is 0 Å². The molecule has 0 aromatic heterocycles. The molecule has 0 fully saturated rings. The average molecular weight is 180 g/mol. The molecule has 0 saturated carbocycles. The molecule has 0 spiro atoms. The van der Waals surface area contributed by atoms with Crippen molar-refractivity contribution in [2.75, 3.05) is 12.4 Å². The molecule has 0 saturated heterocycles. The van der Waals surface area contributed by atoms with Gasteiger partial charge in [0.25, 0.3) is 0 Å². The smallest absolute Gasteiger partial charge is 0.124 e. The van der Waals surface area contributed by atoms with E-state index in [2.05, 4.69) is 5.32 Å². The number of rotatable bonds is 2. The van der Waals surface area contributed by atoms with Crippen LogP contribution in [-0.2, 0) is 12.6 Å². The maximum Gasteiger partial charge on any atom is 0.124 e. The van der Waals surface area contributed by atoms with Gasteiger partial charge in [0.1, 0.15) is 5.84 Å². The Hall–Kier alpha value is -1.29. The van der Waals surface area contributed by atoms with Crippen molar-refractivity contribution in [2.24, 2.45) is 5.73 Å². The van der Waals surface area contributed by atoms with Crippen LogP contribution in [0.3, 0.4) is 0 Å². The van der Waals surface area contributed by atoms with E-state index < -0.39 is 0 Å². The molecule has 0 amide bonds. The van der Waals surface area contributed by atoms with Crippen molar-refractivity contribution in [3.8, 4) is 0 Å². The van der Waals surface area contributed by atoms with Crippen LogP contribution in [0.2, 0.25) is 0 Å². The SMILES string of the molecule is CNc1cc([S-])ccc1C(=N)N. The molecule has 12 heavy (non-hydrogen) atoms. The number of benzene rings is 1. The number of amidine groups is 1. The largest absolute Gasteiger partial charge is 0.780 e. The highest BCUT2D eigenvalue weighted by Gasteiger charge is 2.00. The Kier molecular flexibility index (Phi) is 2.50. The van der Waals surface area contributed by atoms with E-state index >= 15 is 0 Å². The lowest BCUT2D eigenvalue weighted by molar-refractivity contribution is 1.36. The first kappa shape index (κ1) is 8.80. The lowest BCUT2D eigenvalue weighted by Crippen LogP contribution is -2.13. The molecule has 0 aliphatic heterocycles. The van der Waals surface area contributed by atoms with E-state index in [-0.39, 0.29) is 5.84 Å². The summed E-state index contributed by atoms with van der Waals surface area (Å²) in [6.07, 6.45) is 0. The molecule has 0 heterocycles. The number of nitrogens with one attached hydrogen (secondary N) is 2. The molecular formula is C8H10N3S-. The highest BCUT2D eigenvalue weighted by molar-refractivity contribution is 7.58. The third kappa shape index (κ3) is 1.65. The van der Waals surface area contributed by atoms with E-state index in [9.17, 15) is 0 Å². The van der Waals surface area contributed by atoms with Crippen LogP contribution in [0.5, 0.6) is 0 Å². The molecule has 4 N–H and O–H groups in total. The maximum atomic E-state index is 7.25.